The van der Waals surface area contributed by atoms with Crippen molar-refractivity contribution in [2.24, 2.45) is 0 Å². The molecular formula is C17H28N2O2. The topological polar surface area (TPSA) is 50.4 Å². The van der Waals surface area contributed by atoms with Crippen molar-refractivity contribution in [1.82, 2.24) is 10.6 Å². The zero-order chi connectivity index (χ0) is 15.8. The molecule has 0 saturated heterocycles. The summed E-state index contributed by atoms with van der Waals surface area (Å²) >= 11 is 0. The van der Waals surface area contributed by atoms with E-state index in [9.17, 15) is 4.79 Å². The Bertz CT molecular complexity index is 456. The Hall–Kier alpha value is -1.55. The molecule has 0 aliphatic heterocycles. The third-order valence-corrected chi connectivity index (χ3v) is 3.78. The molecule has 1 rings (SSSR count). The van der Waals surface area contributed by atoms with Gasteiger partial charge >= 0.3 is 0 Å². The van der Waals surface area contributed by atoms with Gasteiger partial charge in [0.2, 0.25) is 0 Å². The van der Waals surface area contributed by atoms with Crippen molar-refractivity contribution in [3.63, 3.8) is 0 Å². The molecule has 0 aliphatic rings. The average Bonchev–Trinajstić information content (AvgIpc) is 2.49. The zero-order valence-corrected chi connectivity index (χ0v) is 13.8. The molecule has 1 atom stereocenters. The highest BCUT2D eigenvalue weighted by Crippen LogP contribution is 2.26. The number of amides is 1. The number of ether oxygens (including phenoxy) is 1. The van der Waals surface area contributed by atoms with Gasteiger partial charge < -0.3 is 15.4 Å². The van der Waals surface area contributed by atoms with Gasteiger partial charge in [-0.1, -0.05) is 26.0 Å². The van der Waals surface area contributed by atoms with Crippen LogP contribution in [-0.2, 0) is 4.79 Å². The zero-order valence-electron chi connectivity index (χ0n) is 13.8. The first kappa shape index (κ1) is 17.5. The predicted molar refractivity (Wildman–Crippen MR) is 86.7 cm³/mol. The van der Waals surface area contributed by atoms with Gasteiger partial charge in [0.25, 0.3) is 5.91 Å². The molecule has 0 aliphatic carbocycles. The average molecular weight is 292 g/mol. The monoisotopic (exact) mass is 292 g/mol. The Morgan fingerprint density at radius 2 is 1.95 bits per heavy atom. The van der Waals surface area contributed by atoms with E-state index in [1.807, 2.05) is 26.1 Å². The van der Waals surface area contributed by atoms with Gasteiger partial charge in [-0.2, -0.15) is 0 Å². The molecular weight excluding hydrogens is 264 g/mol. The molecule has 0 saturated carbocycles. The summed E-state index contributed by atoms with van der Waals surface area (Å²) in [6, 6.07) is 6.50. The lowest BCUT2D eigenvalue weighted by Crippen LogP contribution is -2.37. The van der Waals surface area contributed by atoms with Crippen molar-refractivity contribution >= 4 is 5.91 Å². The van der Waals surface area contributed by atoms with Gasteiger partial charge in [-0.05, 0) is 45.4 Å². The van der Waals surface area contributed by atoms with E-state index in [-0.39, 0.29) is 24.6 Å². The highest BCUT2D eigenvalue weighted by Gasteiger charge is 2.13. The Morgan fingerprint density at radius 3 is 2.52 bits per heavy atom. The normalized spacial score (nSPS) is 12.3. The van der Waals surface area contributed by atoms with E-state index in [0.29, 0.717) is 0 Å². The lowest BCUT2D eigenvalue weighted by atomic mass is 10.1. The Labute approximate surface area is 128 Å². The van der Waals surface area contributed by atoms with Gasteiger partial charge in [-0.25, -0.2) is 0 Å². The molecule has 2 N–H and O–H groups in total. The van der Waals surface area contributed by atoms with Crippen LogP contribution in [0.15, 0.2) is 18.2 Å². The van der Waals surface area contributed by atoms with Crippen LogP contribution in [0.3, 0.4) is 0 Å². The first-order valence-corrected chi connectivity index (χ1v) is 7.71. The molecule has 1 aromatic rings. The maximum atomic E-state index is 11.9. The SMILES string of the molecule is CCC(CC)NC(=O)COc1cc(C)ccc1C(C)NC. The fraction of sp³-hybridized carbons (Fsp3) is 0.588. The third-order valence-electron chi connectivity index (χ3n) is 3.78. The van der Waals surface area contributed by atoms with Crippen molar-refractivity contribution in [3.8, 4) is 5.75 Å². The molecule has 4 heteroatoms. The van der Waals surface area contributed by atoms with Gasteiger partial charge in [-0.15, -0.1) is 0 Å². The second-order valence-corrected chi connectivity index (χ2v) is 5.42. The van der Waals surface area contributed by atoms with Crippen LogP contribution in [-0.4, -0.2) is 25.6 Å². The number of nitrogens with one attached hydrogen (secondary N) is 2. The summed E-state index contributed by atoms with van der Waals surface area (Å²) in [6.45, 7) is 8.29. The second-order valence-electron chi connectivity index (χ2n) is 5.42. The van der Waals surface area contributed by atoms with Crippen molar-refractivity contribution in [3.05, 3.63) is 29.3 Å². The smallest absolute Gasteiger partial charge is 0.258 e. The summed E-state index contributed by atoms with van der Waals surface area (Å²) in [6.07, 6.45) is 1.88. The van der Waals surface area contributed by atoms with Crippen LogP contribution in [0.4, 0.5) is 0 Å². The fourth-order valence-corrected chi connectivity index (χ4v) is 2.19. The van der Waals surface area contributed by atoms with Crippen molar-refractivity contribution < 1.29 is 9.53 Å². The lowest BCUT2D eigenvalue weighted by Gasteiger charge is -2.18. The Balaban J connectivity index is 2.70. The largest absolute Gasteiger partial charge is 0.483 e. The molecule has 1 aromatic carbocycles. The van der Waals surface area contributed by atoms with Crippen LogP contribution in [0, 0.1) is 6.92 Å². The standard InChI is InChI=1S/C17H28N2O2/c1-6-14(7-2)19-17(20)11-21-16-10-12(3)8-9-15(16)13(4)18-5/h8-10,13-14,18H,6-7,11H2,1-5H3,(H,19,20). The van der Waals surface area contributed by atoms with Gasteiger partial charge in [-0.3, -0.25) is 4.79 Å². The highest BCUT2D eigenvalue weighted by molar-refractivity contribution is 5.77. The van der Waals surface area contributed by atoms with E-state index >= 15 is 0 Å². The molecule has 4 nitrogen and oxygen atoms in total. The molecule has 21 heavy (non-hydrogen) atoms. The fourth-order valence-electron chi connectivity index (χ4n) is 2.19. The molecule has 0 aromatic heterocycles. The van der Waals surface area contributed by atoms with E-state index in [1.54, 1.807) is 0 Å². The second kappa shape index (κ2) is 8.67. The van der Waals surface area contributed by atoms with E-state index in [1.165, 1.54) is 0 Å². The first-order chi connectivity index (χ1) is 10.0. The number of carbonyl (C=O) groups excluding carboxylic acids is 1. The van der Waals surface area contributed by atoms with Gasteiger partial charge in [0.05, 0.1) is 0 Å². The quantitative estimate of drug-likeness (QED) is 0.774. The highest BCUT2D eigenvalue weighted by atomic mass is 16.5. The summed E-state index contributed by atoms with van der Waals surface area (Å²) in [7, 11) is 1.91. The summed E-state index contributed by atoms with van der Waals surface area (Å²) in [5.74, 6) is 0.713. The molecule has 0 bridgehead atoms. The van der Waals surface area contributed by atoms with Crippen molar-refractivity contribution in [2.45, 2.75) is 52.6 Å². The van der Waals surface area contributed by atoms with Gasteiger partial charge in [0.15, 0.2) is 6.61 Å². The molecule has 118 valence electrons. The van der Waals surface area contributed by atoms with Crippen LogP contribution >= 0.6 is 0 Å². The maximum absolute atomic E-state index is 11.9. The van der Waals surface area contributed by atoms with Gasteiger partial charge in [0, 0.05) is 17.6 Å². The lowest BCUT2D eigenvalue weighted by molar-refractivity contribution is -0.123. The first-order valence-electron chi connectivity index (χ1n) is 7.71. The maximum Gasteiger partial charge on any atom is 0.258 e. The number of aryl methyl sites for hydroxylation is 1. The molecule has 0 heterocycles. The summed E-state index contributed by atoms with van der Waals surface area (Å²) in [5, 5.41) is 6.18. The number of benzene rings is 1. The molecule has 0 spiro atoms. The van der Waals surface area contributed by atoms with Gasteiger partial charge in [0.1, 0.15) is 5.75 Å². The third kappa shape index (κ3) is 5.38. The predicted octanol–water partition coefficient (Wildman–Crippen LogP) is 2.96. The summed E-state index contributed by atoms with van der Waals surface area (Å²) in [5.41, 5.74) is 2.19. The minimum atomic E-state index is -0.0618. The number of carbonyl (C=O) groups is 1. The van der Waals surface area contributed by atoms with Crippen molar-refractivity contribution in [2.75, 3.05) is 13.7 Å². The number of rotatable bonds is 8. The molecule has 0 radical (unpaired) electrons. The van der Waals surface area contributed by atoms with Crippen LogP contribution in [0.5, 0.6) is 5.75 Å². The van der Waals surface area contributed by atoms with E-state index < -0.39 is 0 Å². The molecule has 0 fully saturated rings. The Morgan fingerprint density at radius 1 is 1.29 bits per heavy atom. The minimum absolute atomic E-state index is 0.0589. The summed E-state index contributed by atoms with van der Waals surface area (Å²) in [4.78, 5) is 11.9. The Kier molecular flexibility index (Phi) is 7.23. The minimum Gasteiger partial charge on any atom is -0.483 e. The van der Waals surface area contributed by atoms with Crippen LogP contribution in [0.25, 0.3) is 0 Å². The van der Waals surface area contributed by atoms with E-state index in [0.717, 1.165) is 29.7 Å². The van der Waals surface area contributed by atoms with E-state index in [2.05, 4.69) is 37.5 Å². The van der Waals surface area contributed by atoms with Crippen LogP contribution < -0.4 is 15.4 Å². The number of hydrogen-bond acceptors (Lipinski definition) is 3. The van der Waals surface area contributed by atoms with E-state index in [4.69, 9.17) is 4.74 Å². The summed E-state index contributed by atoms with van der Waals surface area (Å²) < 4.78 is 5.74. The van der Waals surface area contributed by atoms with Crippen molar-refractivity contribution in [1.29, 1.82) is 0 Å². The molecule has 1 unspecified atom stereocenters. The number of hydrogen-bond donors (Lipinski definition) is 2. The molecule has 1 amide bonds. The van der Waals surface area contributed by atoms with Crippen LogP contribution in [0.2, 0.25) is 0 Å². The van der Waals surface area contributed by atoms with Crippen LogP contribution in [0.1, 0.15) is 50.8 Å².